The third-order valence-corrected chi connectivity index (χ3v) is 2.24. The van der Waals surface area contributed by atoms with E-state index in [1.165, 1.54) is 32.2 Å². The van der Waals surface area contributed by atoms with Crippen molar-refractivity contribution < 1.29 is 28.6 Å². The standard InChI is InChI=1S/C14H14O6/c1-9(2)14(17)19-8-13(16)20-12-5-4-11(18-3)6-10(12)7-15/h4-7H,1,8H2,2-3H3. The van der Waals surface area contributed by atoms with E-state index in [1.54, 1.807) is 0 Å². The molecule has 0 radical (unpaired) electrons. The van der Waals surface area contributed by atoms with Crippen molar-refractivity contribution in [2.24, 2.45) is 0 Å². The number of esters is 2. The van der Waals surface area contributed by atoms with E-state index >= 15 is 0 Å². The average molecular weight is 278 g/mol. The molecule has 0 heterocycles. The van der Waals surface area contributed by atoms with Crippen LogP contribution in [0.2, 0.25) is 0 Å². The molecule has 0 aliphatic heterocycles. The molecule has 1 aromatic rings. The summed E-state index contributed by atoms with van der Waals surface area (Å²) in [6, 6.07) is 4.38. The van der Waals surface area contributed by atoms with Crippen LogP contribution in [0.15, 0.2) is 30.4 Å². The van der Waals surface area contributed by atoms with Crippen molar-refractivity contribution in [3.8, 4) is 11.5 Å². The summed E-state index contributed by atoms with van der Waals surface area (Å²) in [4.78, 5) is 33.5. The Bertz CT molecular complexity index is 547. The van der Waals surface area contributed by atoms with E-state index in [2.05, 4.69) is 11.3 Å². The first kappa shape index (κ1) is 15.4. The van der Waals surface area contributed by atoms with E-state index in [0.29, 0.717) is 12.0 Å². The molecule has 0 saturated heterocycles. The van der Waals surface area contributed by atoms with Gasteiger partial charge in [-0.2, -0.15) is 0 Å². The highest BCUT2D eigenvalue weighted by Crippen LogP contribution is 2.22. The quantitative estimate of drug-likeness (QED) is 0.340. The maximum absolute atomic E-state index is 11.5. The largest absolute Gasteiger partial charge is 0.497 e. The van der Waals surface area contributed by atoms with Crippen LogP contribution in [0.4, 0.5) is 0 Å². The fourth-order valence-corrected chi connectivity index (χ4v) is 1.24. The molecule has 1 rings (SSSR count). The fourth-order valence-electron chi connectivity index (χ4n) is 1.24. The normalized spacial score (nSPS) is 9.50. The average Bonchev–Trinajstić information content (AvgIpc) is 2.44. The molecule has 0 N–H and O–H groups in total. The lowest BCUT2D eigenvalue weighted by atomic mass is 10.2. The van der Waals surface area contributed by atoms with E-state index < -0.39 is 18.5 Å². The van der Waals surface area contributed by atoms with Gasteiger partial charge in [-0.15, -0.1) is 0 Å². The van der Waals surface area contributed by atoms with Crippen LogP contribution in [0.1, 0.15) is 17.3 Å². The number of benzene rings is 1. The number of carbonyl (C=O) groups is 3. The molecule has 0 saturated carbocycles. The van der Waals surface area contributed by atoms with Crippen LogP contribution in [0.5, 0.6) is 11.5 Å². The minimum absolute atomic E-state index is 0.0668. The summed E-state index contributed by atoms with van der Waals surface area (Å²) < 4.78 is 14.5. The van der Waals surface area contributed by atoms with E-state index in [9.17, 15) is 14.4 Å². The Morgan fingerprint density at radius 2 is 2.05 bits per heavy atom. The Kier molecular flexibility index (Phi) is 5.46. The van der Waals surface area contributed by atoms with Crippen molar-refractivity contribution >= 4 is 18.2 Å². The molecule has 20 heavy (non-hydrogen) atoms. The van der Waals surface area contributed by atoms with Gasteiger partial charge >= 0.3 is 11.9 Å². The number of hydrogen-bond acceptors (Lipinski definition) is 6. The number of methoxy groups -OCH3 is 1. The third kappa shape index (κ3) is 4.24. The Labute approximate surface area is 115 Å². The highest BCUT2D eigenvalue weighted by atomic mass is 16.6. The molecular formula is C14H14O6. The SMILES string of the molecule is C=C(C)C(=O)OCC(=O)Oc1ccc(OC)cc1C=O. The van der Waals surface area contributed by atoms with Gasteiger partial charge in [0.15, 0.2) is 12.9 Å². The van der Waals surface area contributed by atoms with Crippen molar-refractivity contribution in [2.75, 3.05) is 13.7 Å². The van der Waals surface area contributed by atoms with Crippen LogP contribution in [-0.4, -0.2) is 31.9 Å². The number of hydrogen-bond donors (Lipinski definition) is 0. The van der Waals surface area contributed by atoms with Gasteiger partial charge in [0.2, 0.25) is 0 Å². The fraction of sp³-hybridized carbons (Fsp3) is 0.214. The Morgan fingerprint density at radius 1 is 1.35 bits per heavy atom. The maximum atomic E-state index is 11.5. The summed E-state index contributed by atoms with van der Waals surface area (Å²) in [6.07, 6.45) is 0.533. The van der Waals surface area contributed by atoms with Crippen LogP contribution < -0.4 is 9.47 Å². The number of ether oxygens (including phenoxy) is 3. The van der Waals surface area contributed by atoms with Gasteiger partial charge in [0.1, 0.15) is 11.5 Å². The van der Waals surface area contributed by atoms with Gasteiger partial charge in [-0.3, -0.25) is 4.79 Å². The molecule has 0 aliphatic carbocycles. The Morgan fingerprint density at radius 3 is 2.60 bits per heavy atom. The summed E-state index contributed by atoms with van der Waals surface area (Å²) in [5.74, 6) is -0.960. The maximum Gasteiger partial charge on any atom is 0.349 e. The number of aldehydes is 1. The van der Waals surface area contributed by atoms with E-state index in [1.807, 2.05) is 0 Å². The summed E-state index contributed by atoms with van der Waals surface area (Å²) in [5.41, 5.74) is 0.333. The van der Waals surface area contributed by atoms with Gasteiger partial charge in [-0.1, -0.05) is 6.58 Å². The molecule has 0 aliphatic rings. The highest BCUT2D eigenvalue weighted by molar-refractivity contribution is 5.89. The van der Waals surface area contributed by atoms with Gasteiger partial charge in [-0.25, -0.2) is 9.59 Å². The lowest BCUT2D eigenvalue weighted by Gasteiger charge is -2.08. The van der Waals surface area contributed by atoms with Crippen LogP contribution in [0.3, 0.4) is 0 Å². The molecule has 0 amide bonds. The smallest absolute Gasteiger partial charge is 0.349 e. The third-order valence-electron chi connectivity index (χ3n) is 2.24. The summed E-state index contributed by atoms with van der Waals surface area (Å²) in [5, 5.41) is 0. The molecule has 6 nitrogen and oxygen atoms in total. The van der Waals surface area contributed by atoms with Crippen molar-refractivity contribution in [1.82, 2.24) is 0 Å². The van der Waals surface area contributed by atoms with Gasteiger partial charge in [0.25, 0.3) is 0 Å². The molecule has 0 spiro atoms. The van der Waals surface area contributed by atoms with E-state index in [-0.39, 0.29) is 16.9 Å². The topological polar surface area (TPSA) is 78.9 Å². The molecule has 1 aromatic carbocycles. The van der Waals surface area contributed by atoms with Gasteiger partial charge in [0.05, 0.1) is 12.7 Å². The lowest BCUT2D eigenvalue weighted by molar-refractivity contribution is -0.150. The molecule has 0 atom stereocenters. The van der Waals surface area contributed by atoms with Crippen molar-refractivity contribution in [1.29, 1.82) is 0 Å². The zero-order chi connectivity index (χ0) is 15.1. The Hall–Kier alpha value is -2.63. The minimum atomic E-state index is -0.798. The lowest BCUT2D eigenvalue weighted by Crippen LogP contribution is -2.19. The molecule has 6 heteroatoms. The van der Waals surface area contributed by atoms with E-state index in [0.717, 1.165) is 0 Å². The second-order valence-electron chi connectivity index (χ2n) is 3.85. The first-order valence-corrected chi connectivity index (χ1v) is 5.64. The van der Waals surface area contributed by atoms with E-state index in [4.69, 9.17) is 9.47 Å². The van der Waals surface area contributed by atoms with Crippen molar-refractivity contribution in [2.45, 2.75) is 6.92 Å². The number of carbonyl (C=O) groups excluding carboxylic acids is 3. The van der Waals surface area contributed by atoms with Crippen LogP contribution >= 0.6 is 0 Å². The predicted octanol–water partition coefficient (Wildman–Crippen LogP) is 1.53. The monoisotopic (exact) mass is 278 g/mol. The van der Waals surface area contributed by atoms with Gasteiger partial charge in [-0.05, 0) is 25.1 Å². The van der Waals surface area contributed by atoms with Gasteiger partial charge in [0, 0.05) is 5.57 Å². The second-order valence-corrected chi connectivity index (χ2v) is 3.85. The van der Waals surface area contributed by atoms with Crippen molar-refractivity contribution in [3.63, 3.8) is 0 Å². The molecule has 0 bridgehead atoms. The van der Waals surface area contributed by atoms with Crippen LogP contribution in [-0.2, 0) is 14.3 Å². The zero-order valence-corrected chi connectivity index (χ0v) is 11.2. The first-order valence-electron chi connectivity index (χ1n) is 5.64. The molecular weight excluding hydrogens is 264 g/mol. The second kappa shape index (κ2) is 7.08. The molecule has 0 fully saturated rings. The first-order chi connectivity index (χ1) is 9.47. The van der Waals surface area contributed by atoms with Crippen molar-refractivity contribution in [3.05, 3.63) is 35.9 Å². The van der Waals surface area contributed by atoms with Crippen LogP contribution in [0.25, 0.3) is 0 Å². The highest BCUT2D eigenvalue weighted by Gasteiger charge is 2.13. The Balaban J connectivity index is 2.68. The zero-order valence-electron chi connectivity index (χ0n) is 11.2. The summed E-state index contributed by atoms with van der Waals surface area (Å²) in [6.45, 7) is 4.28. The molecule has 106 valence electrons. The van der Waals surface area contributed by atoms with Gasteiger partial charge < -0.3 is 14.2 Å². The summed E-state index contributed by atoms with van der Waals surface area (Å²) in [7, 11) is 1.45. The number of rotatable bonds is 6. The minimum Gasteiger partial charge on any atom is -0.497 e. The summed E-state index contributed by atoms with van der Waals surface area (Å²) >= 11 is 0. The molecule has 0 aromatic heterocycles. The molecule has 0 unspecified atom stereocenters. The predicted molar refractivity (Wildman–Crippen MR) is 69.8 cm³/mol. The van der Waals surface area contributed by atoms with Crippen LogP contribution in [0, 0.1) is 0 Å².